The fraction of sp³-hybridized carbons (Fsp3) is 0.312. The molecule has 1 saturated carbocycles. The van der Waals surface area contributed by atoms with E-state index >= 15 is 0 Å². The second-order valence-electron chi connectivity index (χ2n) is 5.36. The number of nitrogens with two attached hydrogens (primary N) is 1. The molecule has 0 aliphatic heterocycles. The maximum absolute atomic E-state index is 11.5. The minimum absolute atomic E-state index is 0.342. The highest BCUT2D eigenvalue weighted by Crippen LogP contribution is 2.41. The first-order valence-corrected chi connectivity index (χ1v) is 6.66. The molecule has 2 N–H and O–H groups in total. The number of amides is 1. The lowest BCUT2D eigenvalue weighted by Crippen LogP contribution is -2.12. The summed E-state index contributed by atoms with van der Waals surface area (Å²) in [4.78, 5) is 11.5. The number of nitrogens with zero attached hydrogens (tertiary/aromatic N) is 1. The zero-order valence-electron chi connectivity index (χ0n) is 11.3. The summed E-state index contributed by atoms with van der Waals surface area (Å²) in [7, 11) is 0. The monoisotopic (exact) mass is 254 g/mol. The van der Waals surface area contributed by atoms with E-state index in [0.29, 0.717) is 11.6 Å². The predicted octanol–water partition coefficient (Wildman–Crippen LogP) is 3.21. The molecule has 19 heavy (non-hydrogen) atoms. The molecular formula is C16H18N2O. The van der Waals surface area contributed by atoms with E-state index in [1.807, 2.05) is 13.0 Å². The molecule has 0 spiro atoms. The Morgan fingerprint density at radius 2 is 1.84 bits per heavy atom. The summed E-state index contributed by atoms with van der Waals surface area (Å²) < 4.78 is 2.27. The minimum atomic E-state index is -0.342. The van der Waals surface area contributed by atoms with Crippen molar-refractivity contribution in [2.75, 3.05) is 0 Å². The van der Waals surface area contributed by atoms with Gasteiger partial charge in [0, 0.05) is 17.4 Å². The summed E-state index contributed by atoms with van der Waals surface area (Å²) in [5, 5.41) is 0. The average Bonchev–Trinajstić information content (AvgIpc) is 3.14. The minimum Gasteiger partial charge on any atom is -0.366 e. The molecule has 3 rings (SSSR count). The third-order valence-electron chi connectivity index (χ3n) is 3.82. The zero-order chi connectivity index (χ0) is 13.6. The van der Waals surface area contributed by atoms with Crippen LogP contribution in [0, 0.1) is 13.8 Å². The van der Waals surface area contributed by atoms with E-state index < -0.39 is 0 Å². The second kappa shape index (κ2) is 4.26. The van der Waals surface area contributed by atoms with Crippen molar-refractivity contribution in [2.24, 2.45) is 5.73 Å². The van der Waals surface area contributed by atoms with Crippen molar-refractivity contribution in [1.82, 2.24) is 4.57 Å². The zero-order valence-corrected chi connectivity index (χ0v) is 11.3. The van der Waals surface area contributed by atoms with Crippen molar-refractivity contribution in [2.45, 2.75) is 32.7 Å². The summed E-state index contributed by atoms with van der Waals surface area (Å²) in [6.45, 7) is 4.06. The van der Waals surface area contributed by atoms with Crippen LogP contribution in [0.15, 0.2) is 30.3 Å². The van der Waals surface area contributed by atoms with Gasteiger partial charge in [-0.05, 0) is 38.3 Å². The van der Waals surface area contributed by atoms with E-state index in [1.54, 1.807) is 0 Å². The number of carbonyl (C=O) groups excluding carboxylic acids is 1. The first kappa shape index (κ1) is 12.0. The lowest BCUT2D eigenvalue weighted by Gasteiger charge is -2.10. The van der Waals surface area contributed by atoms with Crippen LogP contribution in [0.4, 0.5) is 0 Å². The van der Waals surface area contributed by atoms with Crippen molar-refractivity contribution in [1.29, 1.82) is 0 Å². The Morgan fingerprint density at radius 3 is 2.37 bits per heavy atom. The number of hydrogen-bond acceptors (Lipinski definition) is 1. The van der Waals surface area contributed by atoms with Crippen LogP contribution in [-0.4, -0.2) is 10.5 Å². The molecule has 1 aromatic heterocycles. The maximum Gasteiger partial charge on any atom is 0.250 e. The summed E-state index contributed by atoms with van der Waals surface area (Å²) in [6, 6.07) is 10.9. The van der Waals surface area contributed by atoms with E-state index in [2.05, 4.69) is 35.8 Å². The van der Waals surface area contributed by atoms with Gasteiger partial charge in [-0.2, -0.15) is 0 Å². The number of primary amides is 1. The van der Waals surface area contributed by atoms with Crippen LogP contribution in [-0.2, 0) is 0 Å². The molecule has 0 atom stereocenters. The Bertz CT molecular complexity index is 634. The molecule has 0 bridgehead atoms. The van der Waals surface area contributed by atoms with Crippen LogP contribution < -0.4 is 5.73 Å². The molecule has 1 aromatic carbocycles. The van der Waals surface area contributed by atoms with E-state index in [9.17, 15) is 4.79 Å². The lowest BCUT2D eigenvalue weighted by atomic mass is 10.1. The van der Waals surface area contributed by atoms with Crippen molar-refractivity contribution < 1.29 is 4.79 Å². The van der Waals surface area contributed by atoms with Gasteiger partial charge in [0.1, 0.15) is 0 Å². The SMILES string of the molecule is Cc1ccc(-c2cc(C(N)=O)c(C)n2C2CC2)cc1. The van der Waals surface area contributed by atoms with E-state index in [4.69, 9.17) is 5.73 Å². The summed E-state index contributed by atoms with van der Waals surface area (Å²) in [5.74, 6) is -0.342. The standard InChI is InChI=1S/C16H18N2O/c1-10-3-5-12(6-4-10)15-9-14(16(17)19)11(2)18(15)13-7-8-13/h3-6,9,13H,7-8H2,1-2H3,(H2,17,19). The van der Waals surface area contributed by atoms with Crippen LogP contribution >= 0.6 is 0 Å². The van der Waals surface area contributed by atoms with Gasteiger partial charge in [-0.1, -0.05) is 29.8 Å². The van der Waals surface area contributed by atoms with Crippen LogP contribution in [0.3, 0.4) is 0 Å². The van der Waals surface area contributed by atoms with E-state index in [0.717, 1.165) is 17.0 Å². The predicted molar refractivity (Wildman–Crippen MR) is 76.1 cm³/mol. The molecule has 1 fully saturated rings. The molecule has 1 aliphatic carbocycles. The molecule has 98 valence electrons. The summed E-state index contributed by atoms with van der Waals surface area (Å²) in [5.41, 5.74) is 10.6. The molecule has 1 amide bonds. The molecule has 0 radical (unpaired) electrons. The van der Waals surface area contributed by atoms with E-state index in [-0.39, 0.29) is 5.91 Å². The van der Waals surface area contributed by atoms with Crippen molar-refractivity contribution in [3.05, 3.63) is 47.2 Å². The van der Waals surface area contributed by atoms with Crippen LogP contribution in [0.5, 0.6) is 0 Å². The fourth-order valence-corrected chi connectivity index (χ4v) is 2.62. The Labute approximate surface area is 113 Å². The second-order valence-corrected chi connectivity index (χ2v) is 5.36. The molecule has 3 nitrogen and oxygen atoms in total. The van der Waals surface area contributed by atoms with Crippen molar-refractivity contribution >= 4 is 5.91 Å². The van der Waals surface area contributed by atoms with Gasteiger partial charge in [0.2, 0.25) is 0 Å². The molecule has 0 unspecified atom stereocenters. The molecular weight excluding hydrogens is 236 g/mol. The molecule has 2 aromatic rings. The smallest absolute Gasteiger partial charge is 0.250 e. The number of aryl methyl sites for hydroxylation is 1. The number of benzene rings is 1. The number of rotatable bonds is 3. The fourth-order valence-electron chi connectivity index (χ4n) is 2.62. The maximum atomic E-state index is 11.5. The van der Waals surface area contributed by atoms with Crippen LogP contribution in [0.25, 0.3) is 11.3 Å². The van der Waals surface area contributed by atoms with Gasteiger partial charge < -0.3 is 10.3 Å². The quantitative estimate of drug-likeness (QED) is 0.898. The van der Waals surface area contributed by atoms with Crippen molar-refractivity contribution in [3.8, 4) is 11.3 Å². The topological polar surface area (TPSA) is 48.0 Å². The Hall–Kier alpha value is -2.03. The molecule has 1 heterocycles. The Morgan fingerprint density at radius 1 is 1.21 bits per heavy atom. The van der Waals surface area contributed by atoms with Gasteiger partial charge >= 0.3 is 0 Å². The summed E-state index contributed by atoms with van der Waals surface area (Å²) >= 11 is 0. The van der Waals surface area contributed by atoms with Gasteiger partial charge in [0.15, 0.2) is 0 Å². The molecule has 1 aliphatic rings. The number of hydrogen-bond donors (Lipinski definition) is 1. The number of aromatic nitrogens is 1. The first-order valence-electron chi connectivity index (χ1n) is 6.66. The molecule has 0 saturated heterocycles. The highest BCUT2D eigenvalue weighted by Gasteiger charge is 2.29. The van der Waals surface area contributed by atoms with Gasteiger partial charge in [-0.15, -0.1) is 0 Å². The van der Waals surface area contributed by atoms with Crippen LogP contribution in [0.2, 0.25) is 0 Å². The first-order chi connectivity index (χ1) is 9.08. The van der Waals surface area contributed by atoms with Crippen molar-refractivity contribution in [3.63, 3.8) is 0 Å². The third-order valence-corrected chi connectivity index (χ3v) is 3.82. The highest BCUT2D eigenvalue weighted by molar-refractivity contribution is 5.95. The number of carbonyl (C=O) groups is 1. The van der Waals surface area contributed by atoms with Gasteiger partial charge in [0.25, 0.3) is 5.91 Å². The van der Waals surface area contributed by atoms with Gasteiger partial charge in [-0.3, -0.25) is 4.79 Å². The van der Waals surface area contributed by atoms with Gasteiger partial charge in [0.05, 0.1) is 5.56 Å². The summed E-state index contributed by atoms with van der Waals surface area (Å²) in [6.07, 6.45) is 2.37. The lowest BCUT2D eigenvalue weighted by molar-refractivity contribution is 0.0999. The third kappa shape index (κ3) is 2.05. The Balaban J connectivity index is 2.16. The van der Waals surface area contributed by atoms with E-state index in [1.165, 1.54) is 18.4 Å². The average molecular weight is 254 g/mol. The largest absolute Gasteiger partial charge is 0.366 e. The van der Waals surface area contributed by atoms with Crippen LogP contribution in [0.1, 0.15) is 40.5 Å². The Kier molecular flexibility index (Phi) is 2.70. The van der Waals surface area contributed by atoms with Gasteiger partial charge in [-0.25, -0.2) is 0 Å². The normalized spacial score (nSPS) is 14.6. The highest BCUT2D eigenvalue weighted by atomic mass is 16.1. The molecule has 3 heteroatoms.